The minimum absolute atomic E-state index is 0.0192. The fourth-order valence-electron chi connectivity index (χ4n) is 2.32. The van der Waals surface area contributed by atoms with Gasteiger partial charge in [0.2, 0.25) is 0 Å². The zero-order valence-corrected chi connectivity index (χ0v) is 13.0. The van der Waals surface area contributed by atoms with E-state index in [0.717, 1.165) is 11.5 Å². The van der Waals surface area contributed by atoms with Gasteiger partial charge in [-0.25, -0.2) is 4.79 Å². The van der Waals surface area contributed by atoms with Crippen LogP contribution in [0.2, 0.25) is 0 Å². The molecule has 0 aliphatic carbocycles. The number of hydrogen-bond acceptors (Lipinski definition) is 4. The molecule has 2 N–H and O–H groups in total. The summed E-state index contributed by atoms with van der Waals surface area (Å²) in [6, 6.07) is 2.95. The number of carbonyl (C=O) groups excluding carboxylic acids is 1. The Morgan fingerprint density at radius 1 is 1.57 bits per heavy atom. The van der Waals surface area contributed by atoms with Crippen LogP contribution < -0.4 is 5.32 Å². The summed E-state index contributed by atoms with van der Waals surface area (Å²) < 4.78 is 5.49. The molecule has 2 atom stereocenters. The van der Waals surface area contributed by atoms with Gasteiger partial charge in [-0.1, -0.05) is 0 Å². The van der Waals surface area contributed by atoms with Crippen LogP contribution in [0.25, 0.3) is 0 Å². The largest absolute Gasteiger partial charge is 0.481 e. The molecule has 2 amide bonds. The number of aryl methyl sites for hydroxylation is 1. The molecule has 6 nitrogen and oxygen atoms in total. The summed E-state index contributed by atoms with van der Waals surface area (Å²) >= 11 is 1.68. The summed E-state index contributed by atoms with van der Waals surface area (Å²) in [7, 11) is 0. The van der Waals surface area contributed by atoms with Crippen molar-refractivity contribution < 1.29 is 19.1 Å². The first-order valence-corrected chi connectivity index (χ1v) is 8.06. The predicted octanol–water partition coefficient (Wildman–Crippen LogP) is 2.25. The van der Waals surface area contributed by atoms with Gasteiger partial charge < -0.3 is 19.7 Å². The third kappa shape index (κ3) is 4.17. The third-order valence-electron chi connectivity index (χ3n) is 3.43. The van der Waals surface area contributed by atoms with Crippen molar-refractivity contribution >= 4 is 23.8 Å². The highest BCUT2D eigenvalue weighted by atomic mass is 32.2. The molecule has 7 heteroatoms. The molecule has 0 radical (unpaired) electrons. The highest BCUT2D eigenvalue weighted by Crippen LogP contribution is 2.21. The maximum atomic E-state index is 12.4. The van der Waals surface area contributed by atoms with Gasteiger partial charge in [0.25, 0.3) is 0 Å². The fraction of sp³-hybridized carbons (Fsp3) is 0.571. The van der Waals surface area contributed by atoms with Crippen molar-refractivity contribution in [2.45, 2.75) is 32.4 Å². The number of carboxylic acid groups (broad SMARTS) is 1. The zero-order chi connectivity index (χ0) is 15.4. The third-order valence-corrected chi connectivity index (χ3v) is 4.52. The molecule has 1 aliphatic rings. The molecule has 2 unspecified atom stereocenters. The number of aliphatic carboxylic acids is 1. The Labute approximate surface area is 127 Å². The summed E-state index contributed by atoms with van der Waals surface area (Å²) in [5.74, 6) is 2.10. The highest BCUT2D eigenvalue weighted by molar-refractivity contribution is 7.99. The average Bonchev–Trinajstić information content (AvgIpc) is 2.85. The number of amides is 2. The standard InChI is InChI=1S/C14H20N2O4S/c1-9-3-4-12(20-9)10(2)15-14(19)16-5-6-21-8-11(16)7-13(17)18/h3-4,10-11H,5-8H2,1-2H3,(H,15,19)(H,17,18). The van der Waals surface area contributed by atoms with E-state index in [1.165, 1.54) is 0 Å². The van der Waals surface area contributed by atoms with E-state index < -0.39 is 5.97 Å². The summed E-state index contributed by atoms with van der Waals surface area (Å²) in [5, 5.41) is 11.8. The molecule has 0 aromatic carbocycles. The van der Waals surface area contributed by atoms with Crippen molar-refractivity contribution in [1.82, 2.24) is 10.2 Å². The fourth-order valence-corrected chi connectivity index (χ4v) is 3.38. The first kappa shape index (κ1) is 15.8. The van der Waals surface area contributed by atoms with Crippen LogP contribution in [-0.2, 0) is 4.79 Å². The average molecular weight is 312 g/mol. The molecular weight excluding hydrogens is 292 g/mol. The Kier molecular flexibility index (Phi) is 5.17. The number of thioether (sulfide) groups is 1. The molecule has 21 heavy (non-hydrogen) atoms. The molecule has 2 heterocycles. The zero-order valence-electron chi connectivity index (χ0n) is 12.2. The van der Waals surface area contributed by atoms with E-state index in [0.29, 0.717) is 18.1 Å². The predicted molar refractivity (Wildman–Crippen MR) is 80.5 cm³/mol. The minimum Gasteiger partial charge on any atom is -0.481 e. The van der Waals surface area contributed by atoms with Gasteiger partial charge >= 0.3 is 12.0 Å². The normalized spacial score (nSPS) is 20.1. The molecule has 1 aromatic rings. The van der Waals surface area contributed by atoms with Crippen LogP contribution in [0.5, 0.6) is 0 Å². The van der Waals surface area contributed by atoms with Crippen molar-refractivity contribution in [1.29, 1.82) is 0 Å². The van der Waals surface area contributed by atoms with Gasteiger partial charge in [-0.05, 0) is 26.0 Å². The molecule has 116 valence electrons. The lowest BCUT2D eigenvalue weighted by Gasteiger charge is -2.35. The topological polar surface area (TPSA) is 82.8 Å². The lowest BCUT2D eigenvalue weighted by atomic mass is 10.2. The number of hydrogen-bond donors (Lipinski definition) is 2. The van der Waals surface area contributed by atoms with Crippen LogP contribution in [0.4, 0.5) is 4.79 Å². The number of carbonyl (C=O) groups is 2. The van der Waals surface area contributed by atoms with E-state index in [1.54, 1.807) is 16.7 Å². The molecular formula is C14H20N2O4S. The van der Waals surface area contributed by atoms with Crippen LogP contribution in [0, 0.1) is 6.92 Å². The van der Waals surface area contributed by atoms with Crippen LogP contribution in [-0.4, -0.2) is 46.1 Å². The Morgan fingerprint density at radius 2 is 2.33 bits per heavy atom. The Hall–Kier alpha value is -1.63. The van der Waals surface area contributed by atoms with Gasteiger partial charge in [-0.15, -0.1) is 0 Å². The lowest BCUT2D eigenvalue weighted by molar-refractivity contribution is -0.138. The molecule has 1 saturated heterocycles. The van der Waals surface area contributed by atoms with Gasteiger partial charge in [0.15, 0.2) is 0 Å². The number of nitrogens with one attached hydrogen (secondary N) is 1. The van der Waals surface area contributed by atoms with E-state index in [-0.39, 0.29) is 24.5 Å². The number of urea groups is 1. The number of carboxylic acids is 1. The van der Waals surface area contributed by atoms with Crippen molar-refractivity contribution in [3.8, 4) is 0 Å². The van der Waals surface area contributed by atoms with Crippen LogP contribution in [0.1, 0.15) is 30.9 Å². The molecule has 0 spiro atoms. The number of nitrogens with zero attached hydrogens (tertiary/aromatic N) is 1. The van der Waals surface area contributed by atoms with E-state index in [4.69, 9.17) is 9.52 Å². The van der Waals surface area contributed by atoms with E-state index in [1.807, 2.05) is 26.0 Å². The second-order valence-electron chi connectivity index (χ2n) is 5.14. The Bertz CT molecular complexity index is 517. The molecule has 1 aliphatic heterocycles. The van der Waals surface area contributed by atoms with E-state index >= 15 is 0 Å². The van der Waals surface area contributed by atoms with E-state index in [9.17, 15) is 9.59 Å². The molecule has 2 rings (SSSR count). The van der Waals surface area contributed by atoms with Gasteiger partial charge in [-0.3, -0.25) is 4.79 Å². The Balaban J connectivity index is 1.98. The van der Waals surface area contributed by atoms with Crippen molar-refractivity contribution in [3.05, 3.63) is 23.7 Å². The second-order valence-corrected chi connectivity index (χ2v) is 6.29. The van der Waals surface area contributed by atoms with Gasteiger partial charge in [0, 0.05) is 18.1 Å². The lowest BCUT2D eigenvalue weighted by Crippen LogP contribution is -2.51. The monoisotopic (exact) mass is 312 g/mol. The van der Waals surface area contributed by atoms with Gasteiger partial charge in [-0.2, -0.15) is 11.8 Å². The molecule has 1 fully saturated rings. The summed E-state index contributed by atoms with van der Waals surface area (Å²) in [4.78, 5) is 24.9. The summed E-state index contributed by atoms with van der Waals surface area (Å²) in [6.45, 7) is 4.27. The van der Waals surface area contributed by atoms with Crippen molar-refractivity contribution in [3.63, 3.8) is 0 Å². The van der Waals surface area contributed by atoms with Crippen molar-refractivity contribution in [2.24, 2.45) is 0 Å². The highest BCUT2D eigenvalue weighted by Gasteiger charge is 2.29. The maximum Gasteiger partial charge on any atom is 0.318 e. The molecule has 0 bridgehead atoms. The first-order chi connectivity index (χ1) is 9.97. The summed E-state index contributed by atoms with van der Waals surface area (Å²) in [6.07, 6.45) is -0.0192. The molecule has 0 saturated carbocycles. The second kappa shape index (κ2) is 6.89. The van der Waals surface area contributed by atoms with Gasteiger partial charge in [0.1, 0.15) is 11.5 Å². The van der Waals surface area contributed by atoms with Crippen LogP contribution in [0.3, 0.4) is 0 Å². The minimum atomic E-state index is -0.880. The Morgan fingerprint density at radius 3 is 2.95 bits per heavy atom. The van der Waals surface area contributed by atoms with Gasteiger partial charge in [0.05, 0.1) is 18.5 Å². The van der Waals surface area contributed by atoms with E-state index in [2.05, 4.69) is 5.32 Å². The summed E-state index contributed by atoms with van der Waals surface area (Å²) in [5.41, 5.74) is 0. The van der Waals surface area contributed by atoms with Crippen LogP contribution >= 0.6 is 11.8 Å². The number of furan rings is 1. The molecule has 1 aromatic heterocycles. The quantitative estimate of drug-likeness (QED) is 0.891. The SMILES string of the molecule is Cc1ccc(C(C)NC(=O)N2CCSCC2CC(=O)O)o1. The smallest absolute Gasteiger partial charge is 0.318 e. The first-order valence-electron chi connectivity index (χ1n) is 6.90. The van der Waals surface area contributed by atoms with Crippen LogP contribution in [0.15, 0.2) is 16.5 Å². The number of rotatable bonds is 4. The van der Waals surface area contributed by atoms with Crippen molar-refractivity contribution in [2.75, 3.05) is 18.1 Å². The maximum absolute atomic E-state index is 12.4.